The molecular weight excluding hydrogens is 182 g/mol. The zero-order valence-corrected chi connectivity index (χ0v) is 8.65. The topological polar surface area (TPSA) is 32.9 Å². The summed E-state index contributed by atoms with van der Waals surface area (Å²) in [5.41, 5.74) is 0.711. The van der Waals surface area contributed by atoms with Crippen molar-refractivity contribution in [2.45, 2.75) is 20.3 Å². The van der Waals surface area contributed by atoms with Gasteiger partial charge in [0.1, 0.15) is 4.64 Å². The van der Waals surface area contributed by atoms with E-state index in [4.69, 9.17) is 12.2 Å². The number of carbonyl (C=O) groups is 1. The first-order valence-electron chi connectivity index (χ1n) is 4.38. The van der Waals surface area contributed by atoms with E-state index in [0.717, 1.165) is 6.42 Å². The van der Waals surface area contributed by atoms with Gasteiger partial charge in [0, 0.05) is 17.7 Å². The number of hydrogen-bond acceptors (Lipinski definition) is 2. The molecule has 0 radical (unpaired) electrons. The maximum Gasteiger partial charge on any atom is 0.167 e. The Balaban J connectivity index is 2.90. The summed E-state index contributed by atoms with van der Waals surface area (Å²) in [6.45, 7) is 3.94. The number of rotatable bonds is 3. The summed E-state index contributed by atoms with van der Waals surface area (Å²) in [5.74, 6) is 0.262. The Morgan fingerprint density at radius 2 is 2.31 bits per heavy atom. The van der Waals surface area contributed by atoms with Crippen molar-refractivity contribution in [1.29, 1.82) is 0 Å². The molecule has 1 atom stereocenters. The molecule has 0 aromatic carbocycles. The zero-order chi connectivity index (χ0) is 9.84. The van der Waals surface area contributed by atoms with Crippen molar-refractivity contribution in [3.63, 3.8) is 0 Å². The van der Waals surface area contributed by atoms with E-state index >= 15 is 0 Å². The summed E-state index contributed by atoms with van der Waals surface area (Å²) >= 11 is 4.89. The fourth-order valence-corrected chi connectivity index (χ4v) is 1.16. The van der Waals surface area contributed by atoms with Crippen LogP contribution in [-0.4, -0.2) is 10.8 Å². The van der Waals surface area contributed by atoms with Crippen molar-refractivity contribution in [2.24, 2.45) is 5.92 Å². The Labute approximate surface area is 83.0 Å². The van der Waals surface area contributed by atoms with Gasteiger partial charge in [-0.1, -0.05) is 26.1 Å². The molecule has 1 unspecified atom stereocenters. The van der Waals surface area contributed by atoms with Gasteiger partial charge in [0.2, 0.25) is 0 Å². The van der Waals surface area contributed by atoms with Crippen LogP contribution in [0, 0.1) is 10.6 Å². The molecular formula is C10H13NOS. The summed E-state index contributed by atoms with van der Waals surface area (Å²) in [4.78, 5) is 14.5. The van der Waals surface area contributed by atoms with E-state index < -0.39 is 0 Å². The number of pyridine rings is 1. The van der Waals surface area contributed by atoms with Crippen LogP contribution in [0.25, 0.3) is 0 Å². The first-order chi connectivity index (χ1) is 6.15. The Kier molecular flexibility index (Phi) is 3.37. The van der Waals surface area contributed by atoms with Gasteiger partial charge in [-0.15, -0.1) is 0 Å². The average molecular weight is 195 g/mol. The molecule has 1 aromatic heterocycles. The van der Waals surface area contributed by atoms with Crippen LogP contribution < -0.4 is 0 Å². The van der Waals surface area contributed by atoms with Crippen molar-refractivity contribution >= 4 is 18.0 Å². The van der Waals surface area contributed by atoms with E-state index in [-0.39, 0.29) is 11.7 Å². The van der Waals surface area contributed by atoms with Gasteiger partial charge in [-0.05, 0) is 18.6 Å². The molecule has 2 nitrogen and oxygen atoms in total. The van der Waals surface area contributed by atoms with E-state index in [0.29, 0.717) is 10.2 Å². The van der Waals surface area contributed by atoms with Crippen LogP contribution in [0.1, 0.15) is 30.6 Å². The van der Waals surface area contributed by atoms with Gasteiger partial charge in [0.15, 0.2) is 5.78 Å². The second kappa shape index (κ2) is 4.33. The molecule has 0 bridgehead atoms. The number of ketones is 1. The average Bonchev–Trinajstić information content (AvgIpc) is 2.17. The molecule has 0 spiro atoms. The van der Waals surface area contributed by atoms with Crippen LogP contribution in [0.5, 0.6) is 0 Å². The van der Waals surface area contributed by atoms with E-state index in [1.807, 2.05) is 13.8 Å². The molecule has 0 amide bonds. The highest BCUT2D eigenvalue weighted by Gasteiger charge is 2.12. The lowest BCUT2D eigenvalue weighted by atomic mass is 9.99. The molecule has 0 aliphatic heterocycles. The smallest absolute Gasteiger partial charge is 0.167 e. The summed E-state index contributed by atoms with van der Waals surface area (Å²) in [6.07, 6.45) is 2.55. The van der Waals surface area contributed by atoms with Gasteiger partial charge in [-0.2, -0.15) is 0 Å². The SMILES string of the molecule is CCC(C)C(=O)c1ccc(=S)[nH]c1. The number of nitrogens with one attached hydrogen (secondary N) is 1. The number of H-pyrrole nitrogens is 1. The first kappa shape index (κ1) is 10.1. The lowest BCUT2D eigenvalue weighted by molar-refractivity contribution is 0.0927. The van der Waals surface area contributed by atoms with Crippen LogP contribution in [0.2, 0.25) is 0 Å². The van der Waals surface area contributed by atoms with Gasteiger partial charge >= 0.3 is 0 Å². The minimum absolute atomic E-state index is 0.0874. The summed E-state index contributed by atoms with van der Waals surface area (Å²) in [5, 5.41) is 0. The third-order valence-corrected chi connectivity index (χ3v) is 2.38. The van der Waals surface area contributed by atoms with Gasteiger partial charge < -0.3 is 4.98 Å². The molecule has 0 fully saturated rings. The molecule has 0 saturated heterocycles. The summed E-state index contributed by atoms with van der Waals surface area (Å²) in [6, 6.07) is 3.51. The second-order valence-corrected chi connectivity index (χ2v) is 3.55. The van der Waals surface area contributed by atoms with Gasteiger partial charge in [-0.3, -0.25) is 4.79 Å². The predicted molar refractivity (Wildman–Crippen MR) is 55.4 cm³/mol. The quantitative estimate of drug-likeness (QED) is 0.594. The van der Waals surface area contributed by atoms with Crippen LogP contribution in [0.15, 0.2) is 18.3 Å². The highest BCUT2D eigenvalue weighted by Crippen LogP contribution is 2.10. The van der Waals surface area contributed by atoms with Crippen molar-refractivity contribution in [3.8, 4) is 0 Å². The molecule has 0 aliphatic carbocycles. The lowest BCUT2D eigenvalue weighted by Crippen LogP contribution is -2.10. The van der Waals surface area contributed by atoms with Crippen molar-refractivity contribution in [1.82, 2.24) is 4.98 Å². The Bertz CT molecular complexity index is 336. The predicted octanol–water partition coefficient (Wildman–Crippen LogP) is 2.97. The maximum absolute atomic E-state index is 11.6. The highest BCUT2D eigenvalue weighted by molar-refractivity contribution is 7.71. The fraction of sp³-hybridized carbons (Fsp3) is 0.400. The molecule has 70 valence electrons. The van der Waals surface area contributed by atoms with Crippen LogP contribution in [-0.2, 0) is 0 Å². The first-order valence-corrected chi connectivity index (χ1v) is 4.79. The minimum atomic E-state index is 0.0874. The third kappa shape index (κ3) is 2.49. The van der Waals surface area contributed by atoms with Gasteiger partial charge in [0.25, 0.3) is 0 Å². The van der Waals surface area contributed by atoms with E-state index in [9.17, 15) is 4.79 Å². The Morgan fingerprint density at radius 1 is 1.62 bits per heavy atom. The number of hydrogen-bond donors (Lipinski definition) is 1. The lowest BCUT2D eigenvalue weighted by Gasteiger charge is -2.06. The van der Waals surface area contributed by atoms with Gasteiger partial charge in [0.05, 0.1) is 0 Å². The van der Waals surface area contributed by atoms with E-state index in [1.54, 1.807) is 18.3 Å². The molecule has 3 heteroatoms. The standard InChI is InChI=1S/C10H13NOS/c1-3-7(2)10(12)8-4-5-9(13)11-6-8/h4-7H,3H2,1-2H3,(H,11,13). The Hall–Kier alpha value is -0.960. The molecule has 1 rings (SSSR count). The fourth-order valence-electron chi connectivity index (χ4n) is 1.03. The number of Topliss-reactive ketones (excluding diaryl/α,β-unsaturated/α-hetero) is 1. The number of aromatic nitrogens is 1. The minimum Gasteiger partial charge on any atom is -0.352 e. The third-order valence-electron chi connectivity index (χ3n) is 2.13. The molecule has 0 saturated carbocycles. The molecule has 1 N–H and O–H groups in total. The summed E-state index contributed by atoms with van der Waals surface area (Å²) in [7, 11) is 0. The highest BCUT2D eigenvalue weighted by atomic mass is 32.1. The number of aromatic amines is 1. The van der Waals surface area contributed by atoms with Crippen LogP contribution >= 0.6 is 12.2 Å². The molecule has 1 aromatic rings. The monoisotopic (exact) mass is 195 g/mol. The second-order valence-electron chi connectivity index (χ2n) is 3.12. The maximum atomic E-state index is 11.6. The van der Waals surface area contributed by atoms with Gasteiger partial charge in [-0.25, -0.2) is 0 Å². The van der Waals surface area contributed by atoms with E-state index in [2.05, 4.69) is 4.98 Å². The van der Waals surface area contributed by atoms with E-state index in [1.165, 1.54) is 0 Å². The van der Waals surface area contributed by atoms with Crippen molar-refractivity contribution in [3.05, 3.63) is 28.5 Å². The molecule has 13 heavy (non-hydrogen) atoms. The normalized spacial score (nSPS) is 12.5. The summed E-state index contributed by atoms with van der Waals surface area (Å²) < 4.78 is 0.653. The Morgan fingerprint density at radius 3 is 2.77 bits per heavy atom. The van der Waals surface area contributed by atoms with Crippen LogP contribution in [0.3, 0.4) is 0 Å². The van der Waals surface area contributed by atoms with Crippen molar-refractivity contribution < 1.29 is 4.79 Å². The number of carbonyl (C=O) groups excluding carboxylic acids is 1. The largest absolute Gasteiger partial charge is 0.352 e. The molecule has 1 heterocycles. The van der Waals surface area contributed by atoms with Crippen LogP contribution in [0.4, 0.5) is 0 Å². The molecule has 0 aliphatic rings. The zero-order valence-electron chi connectivity index (χ0n) is 7.83. The van der Waals surface area contributed by atoms with Crippen molar-refractivity contribution in [2.75, 3.05) is 0 Å².